The molecule has 4 heteroatoms. The van der Waals surface area contributed by atoms with Crippen molar-refractivity contribution in [3.05, 3.63) is 0 Å². The van der Waals surface area contributed by atoms with Crippen molar-refractivity contribution in [2.45, 2.75) is 142 Å². The van der Waals surface area contributed by atoms with Gasteiger partial charge in [0.1, 0.15) is 0 Å². The third-order valence-electron chi connectivity index (χ3n) is 5.94. The van der Waals surface area contributed by atoms with Gasteiger partial charge in [-0.15, -0.1) is 0 Å². The maximum atomic E-state index is 11.0. The molecule has 0 spiro atoms. The van der Waals surface area contributed by atoms with Crippen LogP contribution < -0.4 is 56.5 Å². The SMILES string of the molecule is CCCCCCCCN(CCCCCCCC)C(CCCCC)CCC(=O)[O-].[K+]. The zero-order chi connectivity index (χ0) is 20.9. The van der Waals surface area contributed by atoms with Crippen molar-refractivity contribution in [3.8, 4) is 0 Å². The van der Waals surface area contributed by atoms with Gasteiger partial charge in [-0.3, -0.25) is 0 Å². The molecule has 3 nitrogen and oxygen atoms in total. The van der Waals surface area contributed by atoms with Crippen molar-refractivity contribution < 1.29 is 61.3 Å². The summed E-state index contributed by atoms with van der Waals surface area (Å²) in [5.41, 5.74) is 0. The normalized spacial score (nSPS) is 12.1. The van der Waals surface area contributed by atoms with E-state index in [0.717, 1.165) is 25.9 Å². The second-order valence-corrected chi connectivity index (χ2v) is 8.63. The summed E-state index contributed by atoms with van der Waals surface area (Å²) in [6.07, 6.45) is 21.7. The van der Waals surface area contributed by atoms with Crippen LogP contribution in [0.4, 0.5) is 0 Å². The molecule has 0 fully saturated rings. The Bertz CT molecular complexity index is 323. The van der Waals surface area contributed by atoms with Gasteiger partial charge in [-0.25, -0.2) is 0 Å². The average molecular weight is 436 g/mol. The maximum absolute atomic E-state index is 11.0. The molecule has 0 N–H and O–H groups in total. The van der Waals surface area contributed by atoms with Gasteiger partial charge < -0.3 is 14.8 Å². The Morgan fingerprint density at radius 2 is 1.07 bits per heavy atom. The van der Waals surface area contributed by atoms with E-state index in [9.17, 15) is 9.90 Å². The zero-order valence-corrected chi connectivity index (χ0v) is 23.6. The average Bonchev–Trinajstić information content (AvgIpc) is 2.68. The number of carboxylic acids is 1. The van der Waals surface area contributed by atoms with Crippen LogP contribution in [0.15, 0.2) is 0 Å². The number of hydrogen-bond acceptors (Lipinski definition) is 3. The van der Waals surface area contributed by atoms with Crippen LogP contribution in [0.5, 0.6) is 0 Å². The topological polar surface area (TPSA) is 43.4 Å². The van der Waals surface area contributed by atoms with E-state index in [2.05, 4.69) is 25.7 Å². The van der Waals surface area contributed by atoms with Crippen molar-refractivity contribution >= 4 is 5.97 Å². The van der Waals surface area contributed by atoms with E-state index in [1.54, 1.807) is 0 Å². The van der Waals surface area contributed by atoms with Crippen molar-refractivity contribution in [3.63, 3.8) is 0 Å². The molecule has 29 heavy (non-hydrogen) atoms. The van der Waals surface area contributed by atoms with Crippen LogP contribution >= 0.6 is 0 Å². The molecule has 168 valence electrons. The van der Waals surface area contributed by atoms with Crippen LogP contribution in [0, 0.1) is 0 Å². The Hall–Kier alpha value is 1.07. The molecule has 1 unspecified atom stereocenters. The Labute approximate surface area is 225 Å². The molecule has 0 radical (unpaired) electrons. The minimum Gasteiger partial charge on any atom is -0.550 e. The first-order valence-corrected chi connectivity index (χ1v) is 12.6. The van der Waals surface area contributed by atoms with Crippen LogP contribution in [0.2, 0.25) is 0 Å². The minimum absolute atomic E-state index is 0. The number of carboxylic acid groups (broad SMARTS) is 1. The maximum Gasteiger partial charge on any atom is 1.00 e. The van der Waals surface area contributed by atoms with Gasteiger partial charge >= 0.3 is 51.4 Å². The predicted molar refractivity (Wildman–Crippen MR) is 120 cm³/mol. The number of unbranched alkanes of at least 4 members (excludes halogenated alkanes) is 12. The van der Waals surface area contributed by atoms with E-state index in [1.165, 1.54) is 96.3 Å². The van der Waals surface area contributed by atoms with E-state index in [1.807, 2.05) is 0 Å². The number of rotatable bonds is 22. The van der Waals surface area contributed by atoms with Crippen LogP contribution in [0.1, 0.15) is 136 Å². The number of aliphatic carboxylic acids is 1. The zero-order valence-electron chi connectivity index (χ0n) is 20.5. The summed E-state index contributed by atoms with van der Waals surface area (Å²) in [6, 6.07) is 0.427. The summed E-state index contributed by atoms with van der Waals surface area (Å²) >= 11 is 0. The van der Waals surface area contributed by atoms with E-state index in [0.29, 0.717) is 6.04 Å². The molecule has 0 aromatic heterocycles. The van der Waals surface area contributed by atoms with E-state index >= 15 is 0 Å². The van der Waals surface area contributed by atoms with Crippen LogP contribution in [0.3, 0.4) is 0 Å². The monoisotopic (exact) mass is 435 g/mol. The quantitative estimate of drug-likeness (QED) is 0.193. The Balaban J connectivity index is 0. The second kappa shape index (κ2) is 25.3. The first-order valence-electron chi connectivity index (χ1n) is 12.6. The number of carbonyl (C=O) groups excluding carboxylic acids is 1. The third kappa shape index (κ3) is 22.1. The molecule has 0 saturated heterocycles. The number of hydrogen-bond donors (Lipinski definition) is 0. The van der Waals surface area contributed by atoms with Crippen LogP contribution in [-0.4, -0.2) is 30.0 Å². The van der Waals surface area contributed by atoms with Crippen molar-refractivity contribution in [1.29, 1.82) is 0 Å². The number of carbonyl (C=O) groups is 1. The van der Waals surface area contributed by atoms with Gasteiger partial charge in [-0.1, -0.05) is 104 Å². The van der Waals surface area contributed by atoms with Crippen LogP contribution in [-0.2, 0) is 4.79 Å². The van der Waals surface area contributed by atoms with E-state index in [4.69, 9.17) is 0 Å². The van der Waals surface area contributed by atoms with Gasteiger partial charge in [0, 0.05) is 12.0 Å². The van der Waals surface area contributed by atoms with Gasteiger partial charge in [0.05, 0.1) is 0 Å². The molecule has 0 aliphatic carbocycles. The van der Waals surface area contributed by atoms with Gasteiger partial charge in [0.15, 0.2) is 0 Å². The summed E-state index contributed by atoms with van der Waals surface area (Å²) in [4.78, 5) is 13.7. The van der Waals surface area contributed by atoms with Crippen molar-refractivity contribution in [2.75, 3.05) is 13.1 Å². The summed E-state index contributed by atoms with van der Waals surface area (Å²) in [7, 11) is 0. The fraction of sp³-hybridized carbons (Fsp3) is 0.960. The van der Waals surface area contributed by atoms with Crippen molar-refractivity contribution in [2.24, 2.45) is 0 Å². The third-order valence-corrected chi connectivity index (χ3v) is 5.94. The minimum atomic E-state index is -0.889. The molecule has 0 aromatic rings. The fourth-order valence-corrected chi connectivity index (χ4v) is 4.09. The molecule has 0 bridgehead atoms. The molecule has 0 aliphatic rings. The summed E-state index contributed by atoms with van der Waals surface area (Å²) in [5.74, 6) is -0.889. The van der Waals surface area contributed by atoms with Gasteiger partial charge in [-0.05, 0) is 45.2 Å². The fourth-order valence-electron chi connectivity index (χ4n) is 4.09. The molecule has 0 aliphatic heterocycles. The largest absolute Gasteiger partial charge is 1.00 e. The Morgan fingerprint density at radius 3 is 1.52 bits per heavy atom. The molecule has 1 atom stereocenters. The molecule has 0 heterocycles. The van der Waals surface area contributed by atoms with Gasteiger partial charge in [0.25, 0.3) is 0 Å². The smallest absolute Gasteiger partial charge is 0.550 e. The van der Waals surface area contributed by atoms with E-state index < -0.39 is 5.97 Å². The molecule has 0 amide bonds. The van der Waals surface area contributed by atoms with Crippen LogP contribution in [0.25, 0.3) is 0 Å². The van der Waals surface area contributed by atoms with Crippen molar-refractivity contribution in [1.82, 2.24) is 4.90 Å². The molecular weight excluding hydrogens is 385 g/mol. The predicted octanol–water partition coefficient (Wildman–Crippen LogP) is 3.49. The summed E-state index contributed by atoms with van der Waals surface area (Å²) in [5, 5.41) is 11.0. The second-order valence-electron chi connectivity index (χ2n) is 8.63. The summed E-state index contributed by atoms with van der Waals surface area (Å²) in [6.45, 7) is 9.05. The molecule has 0 rings (SSSR count). The molecule has 0 aromatic carbocycles. The summed E-state index contributed by atoms with van der Waals surface area (Å²) < 4.78 is 0. The molecular formula is C25H50KNO2. The standard InChI is InChI=1S/C25H51NO2.K/c1-4-7-10-12-14-17-22-26(23-18-15-13-11-8-5-2)24(19-16-9-6-3)20-21-25(27)28;/h24H,4-23H2,1-3H3,(H,27,28);/q;+1/p-1. The first kappa shape index (κ1) is 32.2. The number of nitrogens with zero attached hydrogens (tertiary/aromatic N) is 1. The molecule has 0 saturated carbocycles. The van der Waals surface area contributed by atoms with Gasteiger partial charge in [-0.2, -0.15) is 0 Å². The van der Waals surface area contributed by atoms with Gasteiger partial charge in [0.2, 0.25) is 0 Å². The van der Waals surface area contributed by atoms with E-state index in [-0.39, 0.29) is 57.8 Å². The Morgan fingerprint density at radius 1 is 0.655 bits per heavy atom. The first-order chi connectivity index (χ1) is 13.7. The Kier molecular flexibility index (Phi) is 28.2.